The minimum absolute atomic E-state index is 0.0518. The molecule has 1 aromatic heterocycles. The molecule has 2 aliphatic heterocycles. The number of phenolic OH excluding ortho intramolecular Hbond substituents is 1. The molecule has 1 unspecified atom stereocenters. The van der Waals surface area contributed by atoms with Gasteiger partial charge in [0, 0.05) is 44.7 Å². The summed E-state index contributed by atoms with van der Waals surface area (Å²) in [5, 5.41) is 22.3. The molecule has 32 heavy (non-hydrogen) atoms. The minimum atomic E-state index is 0.0518. The van der Waals surface area contributed by atoms with E-state index in [0.717, 1.165) is 69.2 Å². The number of aromatic hydroxyl groups is 1. The van der Waals surface area contributed by atoms with Crippen LogP contribution in [0.25, 0.3) is 0 Å². The van der Waals surface area contributed by atoms with Crippen LogP contribution in [0.15, 0.2) is 18.2 Å². The number of piperidine rings is 1. The number of nitrogens with zero attached hydrogens (tertiary/aromatic N) is 5. The number of likely N-dealkylation sites (tertiary alicyclic amines) is 1. The van der Waals surface area contributed by atoms with Crippen molar-refractivity contribution >= 4 is 5.91 Å². The second-order valence-electron chi connectivity index (χ2n) is 8.73. The highest BCUT2D eigenvalue weighted by Gasteiger charge is 2.25. The first-order chi connectivity index (χ1) is 15.5. The Morgan fingerprint density at radius 2 is 2.12 bits per heavy atom. The summed E-state index contributed by atoms with van der Waals surface area (Å²) < 4.78 is 7.64. The Kier molecular flexibility index (Phi) is 7.26. The highest BCUT2D eigenvalue weighted by Crippen LogP contribution is 2.31. The summed E-state index contributed by atoms with van der Waals surface area (Å²) in [6, 6.07) is 5.64. The number of hydrogen-bond acceptors (Lipinski definition) is 7. The number of carbonyl (C=O) groups excluding carboxylic acids is 1. The van der Waals surface area contributed by atoms with Gasteiger partial charge < -0.3 is 24.6 Å². The van der Waals surface area contributed by atoms with E-state index in [2.05, 4.69) is 36.9 Å². The van der Waals surface area contributed by atoms with Crippen LogP contribution in [0.5, 0.6) is 11.5 Å². The molecule has 9 nitrogen and oxygen atoms in total. The molecule has 174 valence electrons. The molecule has 0 bridgehead atoms. The van der Waals surface area contributed by atoms with E-state index in [1.807, 2.05) is 19.1 Å². The molecule has 2 N–H and O–H groups in total. The summed E-state index contributed by atoms with van der Waals surface area (Å²) >= 11 is 0. The van der Waals surface area contributed by atoms with Crippen LogP contribution in [-0.2, 0) is 30.8 Å². The van der Waals surface area contributed by atoms with Crippen molar-refractivity contribution in [3.63, 3.8) is 0 Å². The van der Waals surface area contributed by atoms with Crippen LogP contribution < -0.4 is 10.1 Å². The third-order valence-electron chi connectivity index (χ3n) is 6.39. The number of para-hydroxylation sites is 1. The Bertz CT molecular complexity index is 930. The zero-order valence-corrected chi connectivity index (χ0v) is 19.1. The van der Waals surface area contributed by atoms with Gasteiger partial charge in [-0.1, -0.05) is 12.1 Å². The topological polar surface area (TPSA) is 95.7 Å². The number of nitrogens with one attached hydrogen (secondary N) is 1. The summed E-state index contributed by atoms with van der Waals surface area (Å²) in [6.45, 7) is 7.76. The standard InChI is InChI=1S/C23H34N6O3/c1-3-32-19-8-4-6-17(22(19)30)16-28-11-9-20-25-26-21(29(20)13-12-28)14-24-23(31)18-7-5-10-27(2)15-18/h4,6,8,18,30H,3,5,7,9-16H2,1-2H3,(H,24,31). The number of phenols is 1. The van der Waals surface area contributed by atoms with E-state index in [4.69, 9.17) is 4.74 Å². The van der Waals surface area contributed by atoms with E-state index in [1.54, 1.807) is 6.07 Å². The van der Waals surface area contributed by atoms with Crippen LogP contribution in [0.2, 0.25) is 0 Å². The summed E-state index contributed by atoms with van der Waals surface area (Å²) in [6.07, 6.45) is 2.79. The Morgan fingerprint density at radius 3 is 2.94 bits per heavy atom. The van der Waals surface area contributed by atoms with Crippen molar-refractivity contribution in [2.75, 3.05) is 39.8 Å². The fourth-order valence-corrected chi connectivity index (χ4v) is 4.61. The predicted molar refractivity (Wildman–Crippen MR) is 120 cm³/mol. The van der Waals surface area contributed by atoms with Gasteiger partial charge >= 0.3 is 0 Å². The maximum absolute atomic E-state index is 12.6. The lowest BCUT2D eigenvalue weighted by molar-refractivity contribution is -0.126. The Balaban J connectivity index is 1.34. The van der Waals surface area contributed by atoms with Gasteiger partial charge in [-0.2, -0.15) is 0 Å². The molecule has 0 saturated carbocycles. The maximum atomic E-state index is 12.6. The molecule has 1 aromatic carbocycles. The number of carbonyl (C=O) groups is 1. The van der Waals surface area contributed by atoms with Crippen LogP contribution in [0.4, 0.5) is 0 Å². The third-order valence-corrected chi connectivity index (χ3v) is 6.39. The van der Waals surface area contributed by atoms with Crippen molar-refractivity contribution in [1.82, 2.24) is 29.9 Å². The first kappa shape index (κ1) is 22.5. The van der Waals surface area contributed by atoms with Crippen molar-refractivity contribution in [1.29, 1.82) is 0 Å². The van der Waals surface area contributed by atoms with E-state index in [9.17, 15) is 9.90 Å². The van der Waals surface area contributed by atoms with Gasteiger partial charge in [0.2, 0.25) is 5.91 Å². The number of ether oxygens (including phenoxy) is 1. The van der Waals surface area contributed by atoms with Crippen molar-refractivity contribution in [3.8, 4) is 11.5 Å². The Hall–Kier alpha value is -2.65. The van der Waals surface area contributed by atoms with Gasteiger partial charge in [0.25, 0.3) is 0 Å². The second-order valence-corrected chi connectivity index (χ2v) is 8.73. The summed E-state index contributed by atoms with van der Waals surface area (Å²) in [4.78, 5) is 17.1. The van der Waals surface area contributed by atoms with Gasteiger partial charge in [-0.15, -0.1) is 10.2 Å². The van der Waals surface area contributed by atoms with Gasteiger partial charge in [0.1, 0.15) is 5.82 Å². The molecule has 0 radical (unpaired) electrons. The average Bonchev–Trinajstić information content (AvgIpc) is 3.07. The number of fused-ring (bicyclic) bond motifs is 1. The first-order valence-electron chi connectivity index (χ1n) is 11.6. The fraction of sp³-hybridized carbons (Fsp3) is 0.609. The Morgan fingerprint density at radius 1 is 1.25 bits per heavy atom. The predicted octanol–water partition coefficient (Wildman–Crippen LogP) is 1.40. The molecule has 1 saturated heterocycles. The molecular weight excluding hydrogens is 408 g/mol. The molecule has 0 aliphatic carbocycles. The van der Waals surface area contributed by atoms with Crippen molar-refractivity contribution in [3.05, 3.63) is 35.4 Å². The molecule has 2 aromatic rings. The summed E-state index contributed by atoms with van der Waals surface area (Å²) in [7, 11) is 2.07. The van der Waals surface area contributed by atoms with E-state index >= 15 is 0 Å². The lowest BCUT2D eigenvalue weighted by Gasteiger charge is -2.28. The molecule has 1 fully saturated rings. The fourth-order valence-electron chi connectivity index (χ4n) is 4.61. The largest absolute Gasteiger partial charge is 0.504 e. The van der Waals surface area contributed by atoms with Crippen LogP contribution in [0.3, 0.4) is 0 Å². The summed E-state index contributed by atoms with van der Waals surface area (Å²) in [5.41, 5.74) is 0.860. The van der Waals surface area contributed by atoms with E-state index < -0.39 is 0 Å². The average molecular weight is 443 g/mol. The molecular formula is C23H34N6O3. The normalized spacial score (nSPS) is 19.9. The highest BCUT2D eigenvalue weighted by atomic mass is 16.5. The summed E-state index contributed by atoms with van der Waals surface area (Å²) in [5.74, 6) is 2.65. The molecule has 2 aliphatic rings. The molecule has 1 amide bonds. The van der Waals surface area contributed by atoms with E-state index in [1.165, 1.54) is 0 Å². The van der Waals surface area contributed by atoms with Gasteiger partial charge in [0.05, 0.1) is 19.1 Å². The number of benzene rings is 1. The maximum Gasteiger partial charge on any atom is 0.224 e. The van der Waals surface area contributed by atoms with Crippen molar-refractivity contribution < 1.29 is 14.6 Å². The minimum Gasteiger partial charge on any atom is -0.504 e. The van der Waals surface area contributed by atoms with Gasteiger partial charge in [-0.3, -0.25) is 9.69 Å². The van der Waals surface area contributed by atoms with Gasteiger partial charge in [-0.25, -0.2) is 0 Å². The second kappa shape index (κ2) is 10.3. The zero-order valence-electron chi connectivity index (χ0n) is 19.1. The number of aromatic nitrogens is 3. The van der Waals surface area contributed by atoms with Crippen LogP contribution in [0.1, 0.15) is 37.0 Å². The molecule has 9 heteroatoms. The van der Waals surface area contributed by atoms with Crippen LogP contribution in [0, 0.1) is 5.92 Å². The Labute approximate surface area is 189 Å². The van der Waals surface area contributed by atoms with Crippen LogP contribution >= 0.6 is 0 Å². The highest BCUT2D eigenvalue weighted by molar-refractivity contribution is 5.78. The van der Waals surface area contributed by atoms with E-state index in [0.29, 0.717) is 25.4 Å². The number of hydrogen-bond donors (Lipinski definition) is 2. The van der Waals surface area contributed by atoms with Gasteiger partial charge in [0.15, 0.2) is 17.3 Å². The van der Waals surface area contributed by atoms with Crippen molar-refractivity contribution in [2.24, 2.45) is 5.92 Å². The number of rotatable bonds is 7. The molecule has 4 rings (SSSR count). The number of amides is 1. The third kappa shape index (κ3) is 5.21. The SMILES string of the molecule is CCOc1cccc(CN2CCc3nnc(CNC(=O)C4CCCN(C)C4)n3CC2)c1O. The monoisotopic (exact) mass is 442 g/mol. The van der Waals surface area contributed by atoms with Crippen LogP contribution in [-0.4, -0.2) is 75.4 Å². The lowest BCUT2D eigenvalue weighted by atomic mass is 9.98. The first-order valence-corrected chi connectivity index (χ1v) is 11.6. The molecule has 0 spiro atoms. The van der Waals surface area contributed by atoms with E-state index in [-0.39, 0.29) is 17.6 Å². The smallest absolute Gasteiger partial charge is 0.224 e. The van der Waals surface area contributed by atoms with Crippen molar-refractivity contribution in [2.45, 2.75) is 45.8 Å². The zero-order chi connectivity index (χ0) is 22.5. The lowest BCUT2D eigenvalue weighted by Crippen LogP contribution is -2.41. The molecule has 1 atom stereocenters. The van der Waals surface area contributed by atoms with Gasteiger partial charge in [-0.05, 0) is 39.4 Å². The quantitative estimate of drug-likeness (QED) is 0.669. The molecule has 3 heterocycles.